The lowest BCUT2D eigenvalue weighted by molar-refractivity contribution is -0.384. The molecule has 0 aliphatic heterocycles. The van der Waals surface area contributed by atoms with Crippen molar-refractivity contribution in [3.63, 3.8) is 0 Å². The first-order valence-corrected chi connectivity index (χ1v) is 6.50. The van der Waals surface area contributed by atoms with Crippen LogP contribution in [0.25, 0.3) is 11.0 Å². The standard InChI is InChI=1S/C13H15N3O5/c1-3-4-7-21-13(18)15-11-8-9(16(19)20)5-6-10(11)14(2)12(15)17/h5-6,8H,3-4,7H2,1-2H3. The molecule has 112 valence electrons. The summed E-state index contributed by atoms with van der Waals surface area (Å²) in [6, 6.07) is 3.91. The van der Waals surface area contributed by atoms with Crippen LogP contribution in [0.15, 0.2) is 23.0 Å². The number of hydrogen-bond acceptors (Lipinski definition) is 5. The molecule has 0 N–H and O–H groups in total. The number of unbranched alkanes of at least 4 members (excludes halogenated alkanes) is 1. The first-order valence-electron chi connectivity index (χ1n) is 6.50. The van der Waals surface area contributed by atoms with Gasteiger partial charge in [-0.25, -0.2) is 9.59 Å². The molecule has 0 radical (unpaired) electrons. The number of non-ortho nitro benzene ring substituents is 1. The Morgan fingerprint density at radius 2 is 2.10 bits per heavy atom. The van der Waals surface area contributed by atoms with Crippen molar-refractivity contribution < 1.29 is 14.5 Å². The van der Waals surface area contributed by atoms with Crippen LogP contribution in [0.4, 0.5) is 10.5 Å². The number of fused-ring (bicyclic) bond motifs is 1. The van der Waals surface area contributed by atoms with Crippen LogP contribution in [0, 0.1) is 10.1 Å². The van der Waals surface area contributed by atoms with Gasteiger partial charge in [0.15, 0.2) is 0 Å². The van der Waals surface area contributed by atoms with Crippen molar-refractivity contribution >= 4 is 22.8 Å². The number of imidazole rings is 1. The van der Waals surface area contributed by atoms with Crippen LogP contribution in [0.3, 0.4) is 0 Å². The molecule has 8 nitrogen and oxygen atoms in total. The van der Waals surface area contributed by atoms with Crippen LogP contribution in [0.2, 0.25) is 0 Å². The fraction of sp³-hybridized carbons (Fsp3) is 0.385. The van der Waals surface area contributed by atoms with Crippen molar-refractivity contribution in [1.29, 1.82) is 0 Å². The maximum absolute atomic E-state index is 12.1. The van der Waals surface area contributed by atoms with Gasteiger partial charge in [0.1, 0.15) is 0 Å². The van der Waals surface area contributed by atoms with Crippen molar-refractivity contribution in [2.24, 2.45) is 7.05 Å². The molecular weight excluding hydrogens is 278 g/mol. The number of nitrogens with zero attached hydrogens (tertiary/aromatic N) is 3. The highest BCUT2D eigenvalue weighted by atomic mass is 16.6. The molecule has 1 aromatic heterocycles. The van der Waals surface area contributed by atoms with Crippen molar-refractivity contribution in [2.75, 3.05) is 6.61 Å². The Morgan fingerprint density at radius 1 is 1.38 bits per heavy atom. The van der Waals surface area contributed by atoms with E-state index in [1.807, 2.05) is 6.92 Å². The summed E-state index contributed by atoms with van der Waals surface area (Å²) >= 11 is 0. The smallest absolute Gasteiger partial charge is 0.422 e. The average Bonchev–Trinajstić information content (AvgIpc) is 2.70. The summed E-state index contributed by atoms with van der Waals surface area (Å²) in [4.78, 5) is 34.3. The van der Waals surface area contributed by atoms with Crippen LogP contribution in [-0.2, 0) is 11.8 Å². The van der Waals surface area contributed by atoms with Gasteiger partial charge >= 0.3 is 11.8 Å². The Morgan fingerprint density at radius 3 is 2.71 bits per heavy atom. The predicted octanol–water partition coefficient (Wildman–Crippen LogP) is 2.03. The number of nitro groups is 1. The summed E-state index contributed by atoms with van der Waals surface area (Å²) in [6.45, 7) is 2.15. The van der Waals surface area contributed by atoms with Crippen LogP contribution < -0.4 is 5.69 Å². The van der Waals surface area contributed by atoms with E-state index < -0.39 is 16.7 Å². The molecule has 2 rings (SSSR count). The van der Waals surface area contributed by atoms with Crippen molar-refractivity contribution in [3.05, 3.63) is 38.8 Å². The van der Waals surface area contributed by atoms with Crippen molar-refractivity contribution in [3.8, 4) is 0 Å². The van der Waals surface area contributed by atoms with Gasteiger partial charge in [-0.1, -0.05) is 13.3 Å². The van der Waals surface area contributed by atoms with E-state index in [0.717, 1.165) is 11.0 Å². The highest BCUT2D eigenvalue weighted by molar-refractivity contribution is 5.88. The maximum Gasteiger partial charge on any atom is 0.422 e. The van der Waals surface area contributed by atoms with E-state index in [4.69, 9.17) is 4.74 Å². The normalized spacial score (nSPS) is 10.8. The first kappa shape index (κ1) is 14.8. The van der Waals surface area contributed by atoms with E-state index in [0.29, 0.717) is 11.9 Å². The summed E-state index contributed by atoms with van der Waals surface area (Å²) in [5, 5.41) is 10.8. The predicted molar refractivity (Wildman–Crippen MR) is 75.5 cm³/mol. The van der Waals surface area contributed by atoms with Crippen LogP contribution in [-0.4, -0.2) is 26.8 Å². The fourth-order valence-electron chi connectivity index (χ4n) is 1.99. The van der Waals surface area contributed by atoms with Crippen LogP contribution in [0.1, 0.15) is 19.8 Å². The Kier molecular flexibility index (Phi) is 4.06. The van der Waals surface area contributed by atoms with Gasteiger partial charge in [0.2, 0.25) is 0 Å². The highest BCUT2D eigenvalue weighted by Gasteiger charge is 2.20. The van der Waals surface area contributed by atoms with Gasteiger partial charge in [0.05, 0.1) is 22.6 Å². The van der Waals surface area contributed by atoms with Gasteiger partial charge in [-0.2, -0.15) is 4.57 Å². The minimum Gasteiger partial charge on any atom is -0.449 e. The molecule has 0 bridgehead atoms. The van der Waals surface area contributed by atoms with E-state index in [1.54, 1.807) is 0 Å². The van der Waals surface area contributed by atoms with Crippen LogP contribution in [0.5, 0.6) is 0 Å². The number of benzene rings is 1. The highest BCUT2D eigenvalue weighted by Crippen LogP contribution is 2.20. The van der Waals surface area contributed by atoms with E-state index in [-0.39, 0.29) is 17.8 Å². The van der Waals surface area contributed by atoms with E-state index in [9.17, 15) is 19.7 Å². The van der Waals surface area contributed by atoms with Crippen LogP contribution >= 0.6 is 0 Å². The molecule has 8 heteroatoms. The molecule has 0 atom stereocenters. The van der Waals surface area contributed by atoms with Gasteiger partial charge in [0, 0.05) is 19.2 Å². The van der Waals surface area contributed by atoms with E-state index >= 15 is 0 Å². The number of aromatic nitrogens is 2. The SMILES string of the molecule is CCCCOC(=O)n1c(=O)n(C)c2ccc([N+](=O)[O-])cc21. The van der Waals surface area contributed by atoms with Gasteiger partial charge in [0.25, 0.3) is 5.69 Å². The van der Waals surface area contributed by atoms with Gasteiger partial charge in [-0.05, 0) is 12.5 Å². The monoisotopic (exact) mass is 293 g/mol. The molecule has 0 aliphatic carbocycles. The molecule has 0 spiro atoms. The number of rotatable bonds is 4. The topological polar surface area (TPSA) is 96.4 Å². The molecular formula is C13H15N3O5. The average molecular weight is 293 g/mol. The number of nitro benzene ring substituents is 1. The molecule has 0 amide bonds. The molecule has 0 aliphatic rings. The summed E-state index contributed by atoms with van der Waals surface area (Å²) in [6.07, 6.45) is 0.716. The molecule has 1 aromatic carbocycles. The summed E-state index contributed by atoms with van der Waals surface area (Å²) in [5.74, 6) is 0. The van der Waals surface area contributed by atoms with Crippen molar-refractivity contribution in [2.45, 2.75) is 19.8 Å². The first-order chi connectivity index (χ1) is 9.97. The Balaban J connectivity index is 2.53. The molecule has 0 saturated heterocycles. The molecule has 0 unspecified atom stereocenters. The number of aryl methyl sites for hydroxylation is 1. The summed E-state index contributed by atoms with van der Waals surface area (Å²) in [5.41, 5.74) is -0.188. The third-order valence-electron chi connectivity index (χ3n) is 3.16. The minimum absolute atomic E-state index is 0.165. The second kappa shape index (κ2) is 5.78. The van der Waals surface area contributed by atoms with E-state index in [2.05, 4.69) is 0 Å². The lowest BCUT2D eigenvalue weighted by atomic mass is 10.3. The number of carbonyl (C=O) groups is 1. The Bertz CT molecular complexity index is 759. The molecule has 21 heavy (non-hydrogen) atoms. The third kappa shape index (κ3) is 2.64. The zero-order valence-electron chi connectivity index (χ0n) is 11.7. The second-order valence-electron chi connectivity index (χ2n) is 4.58. The van der Waals surface area contributed by atoms with Gasteiger partial charge in [-0.15, -0.1) is 0 Å². The molecule has 0 saturated carbocycles. The lowest BCUT2D eigenvalue weighted by Gasteiger charge is -2.04. The maximum atomic E-state index is 12.1. The molecule has 2 aromatic rings. The summed E-state index contributed by atoms with van der Waals surface area (Å²) in [7, 11) is 1.49. The van der Waals surface area contributed by atoms with E-state index in [1.165, 1.54) is 29.8 Å². The Hall–Kier alpha value is -2.64. The number of ether oxygens (including phenoxy) is 1. The molecule has 1 heterocycles. The number of carbonyl (C=O) groups excluding carboxylic acids is 1. The third-order valence-corrected chi connectivity index (χ3v) is 3.16. The van der Waals surface area contributed by atoms with Gasteiger partial charge < -0.3 is 4.74 Å². The summed E-state index contributed by atoms with van der Waals surface area (Å²) < 4.78 is 7.08. The molecule has 0 fully saturated rings. The second-order valence-corrected chi connectivity index (χ2v) is 4.58. The quantitative estimate of drug-likeness (QED) is 0.488. The lowest BCUT2D eigenvalue weighted by Crippen LogP contribution is -2.29. The zero-order chi connectivity index (χ0) is 15.6. The Labute approximate surface area is 119 Å². The van der Waals surface area contributed by atoms with Gasteiger partial charge in [-0.3, -0.25) is 14.7 Å². The number of hydrogen-bond donors (Lipinski definition) is 0. The fourth-order valence-corrected chi connectivity index (χ4v) is 1.99. The zero-order valence-corrected chi connectivity index (χ0v) is 11.7. The minimum atomic E-state index is -0.820. The largest absolute Gasteiger partial charge is 0.449 e. The van der Waals surface area contributed by atoms with Crippen molar-refractivity contribution in [1.82, 2.24) is 9.13 Å².